The molecule has 0 aliphatic heterocycles. The summed E-state index contributed by atoms with van der Waals surface area (Å²) in [5.74, 6) is 0.548. The molecule has 0 saturated heterocycles. The van der Waals surface area contributed by atoms with Crippen molar-refractivity contribution in [1.82, 2.24) is 5.32 Å². The maximum absolute atomic E-state index is 12.3. The number of nitrogens with one attached hydrogen (secondary N) is 1. The summed E-state index contributed by atoms with van der Waals surface area (Å²) in [6.07, 6.45) is -0.560. The molecule has 0 bridgehead atoms. The van der Waals surface area contributed by atoms with E-state index in [0.29, 0.717) is 25.5 Å². The predicted octanol–water partition coefficient (Wildman–Crippen LogP) is 4.80. The van der Waals surface area contributed by atoms with Gasteiger partial charge >= 0.3 is 0 Å². The molecule has 29 heavy (non-hydrogen) atoms. The van der Waals surface area contributed by atoms with E-state index in [1.54, 1.807) is 6.92 Å². The predicted molar refractivity (Wildman–Crippen MR) is 114 cm³/mol. The molecule has 3 rings (SSSR count). The van der Waals surface area contributed by atoms with Crippen molar-refractivity contribution in [3.05, 3.63) is 101 Å². The molecule has 1 amide bonds. The first kappa shape index (κ1) is 20.6. The van der Waals surface area contributed by atoms with E-state index in [1.165, 1.54) is 0 Å². The molecule has 1 N–H and O–H groups in total. The second kappa shape index (κ2) is 10.4. The number of hydrogen-bond acceptors (Lipinski definition) is 3. The van der Waals surface area contributed by atoms with Crippen LogP contribution in [0.5, 0.6) is 5.75 Å². The van der Waals surface area contributed by atoms with E-state index in [2.05, 4.69) is 11.4 Å². The van der Waals surface area contributed by atoms with Crippen molar-refractivity contribution in [1.29, 1.82) is 0 Å². The smallest absolute Gasteiger partial charge is 0.261 e. The van der Waals surface area contributed by atoms with Crippen LogP contribution in [0.4, 0.5) is 0 Å². The third-order valence-corrected chi connectivity index (χ3v) is 4.54. The number of hydrogen-bond donors (Lipinski definition) is 1. The van der Waals surface area contributed by atoms with Gasteiger partial charge in [-0.3, -0.25) is 4.79 Å². The summed E-state index contributed by atoms with van der Waals surface area (Å²) in [5, 5.41) is 2.93. The fourth-order valence-corrected chi connectivity index (χ4v) is 2.90. The lowest BCUT2D eigenvalue weighted by Gasteiger charge is -2.15. The lowest BCUT2D eigenvalue weighted by Crippen LogP contribution is -2.35. The highest BCUT2D eigenvalue weighted by atomic mass is 16.5. The van der Waals surface area contributed by atoms with Gasteiger partial charge in [0.2, 0.25) is 0 Å². The van der Waals surface area contributed by atoms with Gasteiger partial charge in [-0.15, -0.1) is 0 Å². The van der Waals surface area contributed by atoms with E-state index >= 15 is 0 Å². The Bertz CT molecular complexity index is 907. The molecular formula is C25H27NO3. The van der Waals surface area contributed by atoms with Crippen LogP contribution in [0.1, 0.15) is 29.2 Å². The zero-order valence-electron chi connectivity index (χ0n) is 16.9. The second-order valence-corrected chi connectivity index (χ2v) is 7.09. The average molecular weight is 389 g/mol. The van der Waals surface area contributed by atoms with Gasteiger partial charge in [-0.2, -0.15) is 0 Å². The van der Waals surface area contributed by atoms with Crippen LogP contribution in [-0.4, -0.2) is 12.0 Å². The van der Waals surface area contributed by atoms with E-state index in [1.807, 2.05) is 79.7 Å². The molecule has 0 spiro atoms. The minimum absolute atomic E-state index is 0.142. The van der Waals surface area contributed by atoms with Gasteiger partial charge < -0.3 is 14.8 Å². The van der Waals surface area contributed by atoms with Gasteiger partial charge in [0.15, 0.2) is 6.10 Å². The second-order valence-electron chi connectivity index (χ2n) is 7.09. The summed E-state index contributed by atoms with van der Waals surface area (Å²) in [4.78, 5) is 12.3. The Labute approximate surface area is 172 Å². The minimum Gasteiger partial charge on any atom is -0.481 e. The van der Waals surface area contributed by atoms with Crippen molar-refractivity contribution < 1.29 is 14.3 Å². The van der Waals surface area contributed by atoms with Gasteiger partial charge in [0.05, 0.1) is 13.2 Å². The third kappa shape index (κ3) is 6.77. The van der Waals surface area contributed by atoms with E-state index in [9.17, 15) is 4.79 Å². The molecule has 3 aromatic carbocycles. The molecule has 4 heteroatoms. The Morgan fingerprint density at radius 2 is 1.52 bits per heavy atom. The molecule has 1 unspecified atom stereocenters. The zero-order chi connectivity index (χ0) is 20.5. The van der Waals surface area contributed by atoms with Crippen molar-refractivity contribution in [2.75, 3.05) is 0 Å². The summed E-state index contributed by atoms with van der Waals surface area (Å²) >= 11 is 0. The molecular weight excluding hydrogens is 362 g/mol. The highest BCUT2D eigenvalue weighted by Crippen LogP contribution is 2.14. The monoisotopic (exact) mass is 389 g/mol. The van der Waals surface area contributed by atoms with Crippen molar-refractivity contribution in [3.8, 4) is 5.75 Å². The lowest BCUT2D eigenvalue weighted by atomic mass is 10.1. The Morgan fingerprint density at radius 3 is 2.28 bits per heavy atom. The Kier molecular flexibility index (Phi) is 7.42. The van der Waals surface area contributed by atoms with Crippen LogP contribution in [0.3, 0.4) is 0 Å². The van der Waals surface area contributed by atoms with Crippen molar-refractivity contribution >= 4 is 5.91 Å². The number of benzene rings is 3. The average Bonchev–Trinajstić information content (AvgIpc) is 2.75. The number of aryl methyl sites for hydroxylation is 1. The van der Waals surface area contributed by atoms with Gasteiger partial charge in [-0.05, 0) is 42.7 Å². The number of ether oxygens (including phenoxy) is 2. The quantitative estimate of drug-likeness (QED) is 0.572. The Morgan fingerprint density at radius 1 is 0.862 bits per heavy atom. The highest BCUT2D eigenvalue weighted by Gasteiger charge is 2.14. The van der Waals surface area contributed by atoms with Crippen molar-refractivity contribution in [2.45, 2.75) is 39.7 Å². The summed E-state index contributed by atoms with van der Waals surface area (Å²) in [7, 11) is 0. The standard InChI is InChI=1S/C25H27NO3/c1-19-11-13-24(14-12-19)29-20(2)25(27)26-16-22-9-6-10-23(15-22)18-28-17-21-7-4-3-5-8-21/h3-15,20H,16-18H2,1-2H3,(H,26,27). The number of amides is 1. The van der Waals surface area contributed by atoms with Gasteiger partial charge in [-0.25, -0.2) is 0 Å². The fourth-order valence-electron chi connectivity index (χ4n) is 2.90. The van der Waals surface area contributed by atoms with E-state index in [-0.39, 0.29) is 5.91 Å². The zero-order valence-corrected chi connectivity index (χ0v) is 16.9. The molecule has 4 nitrogen and oxygen atoms in total. The van der Waals surface area contributed by atoms with Gasteiger partial charge in [0, 0.05) is 6.54 Å². The van der Waals surface area contributed by atoms with Gasteiger partial charge in [0.1, 0.15) is 5.75 Å². The molecule has 0 fully saturated rings. The van der Waals surface area contributed by atoms with Crippen LogP contribution in [-0.2, 0) is 29.3 Å². The molecule has 150 valence electrons. The first-order valence-corrected chi connectivity index (χ1v) is 9.80. The molecule has 1 atom stereocenters. The number of carbonyl (C=O) groups excluding carboxylic acids is 1. The molecule has 0 heterocycles. The van der Waals surface area contributed by atoms with E-state index in [4.69, 9.17) is 9.47 Å². The molecule has 3 aromatic rings. The first-order chi connectivity index (χ1) is 14.1. The highest BCUT2D eigenvalue weighted by molar-refractivity contribution is 5.80. The van der Waals surface area contributed by atoms with E-state index < -0.39 is 6.10 Å². The SMILES string of the molecule is Cc1ccc(OC(C)C(=O)NCc2cccc(COCc3ccccc3)c2)cc1. The molecule has 0 radical (unpaired) electrons. The van der Waals surface area contributed by atoms with Crippen molar-refractivity contribution in [2.24, 2.45) is 0 Å². The van der Waals surface area contributed by atoms with Crippen LogP contribution in [0.2, 0.25) is 0 Å². The van der Waals surface area contributed by atoms with Crippen LogP contribution in [0.25, 0.3) is 0 Å². The molecule has 0 aromatic heterocycles. The Balaban J connectivity index is 1.45. The van der Waals surface area contributed by atoms with Crippen LogP contribution in [0.15, 0.2) is 78.9 Å². The summed E-state index contributed by atoms with van der Waals surface area (Å²) < 4.78 is 11.5. The maximum atomic E-state index is 12.3. The van der Waals surface area contributed by atoms with Crippen molar-refractivity contribution in [3.63, 3.8) is 0 Å². The maximum Gasteiger partial charge on any atom is 0.261 e. The first-order valence-electron chi connectivity index (χ1n) is 9.80. The van der Waals surface area contributed by atoms with Crippen LogP contribution < -0.4 is 10.1 Å². The molecule has 0 saturated carbocycles. The van der Waals surface area contributed by atoms with Crippen LogP contribution >= 0.6 is 0 Å². The summed E-state index contributed by atoms with van der Waals surface area (Å²) in [6, 6.07) is 25.8. The summed E-state index contributed by atoms with van der Waals surface area (Å²) in [6.45, 7) is 5.33. The Hall–Kier alpha value is -3.11. The van der Waals surface area contributed by atoms with E-state index in [0.717, 1.165) is 22.3 Å². The van der Waals surface area contributed by atoms with Gasteiger partial charge in [-0.1, -0.05) is 72.3 Å². The largest absolute Gasteiger partial charge is 0.481 e. The van der Waals surface area contributed by atoms with Gasteiger partial charge in [0.25, 0.3) is 5.91 Å². The molecule has 0 aliphatic carbocycles. The van der Waals surface area contributed by atoms with Crippen LogP contribution in [0, 0.1) is 6.92 Å². The number of carbonyl (C=O) groups is 1. The fraction of sp³-hybridized carbons (Fsp3) is 0.240. The summed E-state index contributed by atoms with van der Waals surface area (Å²) in [5.41, 5.74) is 4.42. The lowest BCUT2D eigenvalue weighted by molar-refractivity contribution is -0.127. The topological polar surface area (TPSA) is 47.6 Å². The minimum atomic E-state index is -0.560. The third-order valence-electron chi connectivity index (χ3n) is 4.54. The number of rotatable bonds is 9. The molecule has 0 aliphatic rings. The normalized spacial score (nSPS) is 11.7.